The third-order valence-corrected chi connectivity index (χ3v) is 6.48. The summed E-state index contributed by atoms with van der Waals surface area (Å²) >= 11 is 6.17. The van der Waals surface area contributed by atoms with Crippen molar-refractivity contribution in [1.29, 1.82) is 0 Å². The van der Waals surface area contributed by atoms with E-state index in [0.717, 1.165) is 22.6 Å². The Morgan fingerprint density at radius 1 is 1.16 bits per heavy atom. The Balaban J connectivity index is 1.86. The number of hydrogen-bond donors (Lipinski definition) is 1. The number of carbonyl (C=O) groups excluding carboxylic acids is 1. The van der Waals surface area contributed by atoms with Gasteiger partial charge in [0.05, 0.1) is 5.69 Å². The normalized spacial score (nSPS) is 12.2. The van der Waals surface area contributed by atoms with E-state index in [1.807, 2.05) is 49.7 Å². The molecule has 172 valence electrons. The summed E-state index contributed by atoms with van der Waals surface area (Å²) in [5.41, 5.74) is 1.72. The van der Waals surface area contributed by atoms with Crippen LogP contribution < -0.4 is 5.32 Å². The first-order chi connectivity index (χ1) is 14.9. The molecular formula is C23H31ClN4O3Si. The van der Waals surface area contributed by atoms with Gasteiger partial charge in [0.1, 0.15) is 29.0 Å². The molecule has 0 aromatic carbocycles. The van der Waals surface area contributed by atoms with E-state index in [1.165, 1.54) is 0 Å². The maximum absolute atomic E-state index is 12.1. The molecule has 0 unspecified atom stereocenters. The molecule has 0 spiro atoms. The molecule has 0 saturated heterocycles. The van der Waals surface area contributed by atoms with Crippen molar-refractivity contribution in [2.75, 3.05) is 11.9 Å². The van der Waals surface area contributed by atoms with E-state index in [1.54, 1.807) is 12.1 Å². The van der Waals surface area contributed by atoms with Crippen LogP contribution in [0.5, 0.6) is 0 Å². The number of hydrogen-bond acceptors (Lipinski definition) is 5. The molecule has 0 bridgehead atoms. The number of carbonyl (C=O) groups is 1. The molecule has 7 nitrogen and oxygen atoms in total. The summed E-state index contributed by atoms with van der Waals surface area (Å²) in [4.78, 5) is 21.2. The first-order valence-corrected chi connectivity index (χ1v) is 14.7. The topological polar surface area (TPSA) is 78.3 Å². The average molecular weight is 475 g/mol. The number of amides is 1. The lowest BCUT2D eigenvalue weighted by Crippen LogP contribution is -2.27. The van der Waals surface area contributed by atoms with Crippen LogP contribution in [-0.4, -0.2) is 40.9 Å². The standard InChI is InChI=1S/C23H31ClN4O3Si/c1-23(2,3)31-22(29)27-20-9-7-8-18(25-20)17-14-28(15-30-12-13-32(4,5)6)21-16(17)10-11-19(24)26-21/h7-11,14H,12-13,15H2,1-6H3,(H,25,27,29). The van der Waals surface area contributed by atoms with Gasteiger partial charge < -0.3 is 14.0 Å². The van der Waals surface area contributed by atoms with Crippen molar-refractivity contribution in [3.8, 4) is 11.3 Å². The van der Waals surface area contributed by atoms with Gasteiger partial charge >= 0.3 is 6.09 Å². The summed E-state index contributed by atoms with van der Waals surface area (Å²) in [7, 11) is -1.17. The molecule has 3 heterocycles. The van der Waals surface area contributed by atoms with Crippen LogP contribution >= 0.6 is 11.6 Å². The number of rotatable bonds is 7. The Hall–Kier alpha value is -2.42. The van der Waals surface area contributed by atoms with Gasteiger partial charge in [-0.15, -0.1) is 0 Å². The zero-order valence-electron chi connectivity index (χ0n) is 19.5. The van der Waals surface area contributed by atoms with Crippen molar-refractivity contribution >= 4 is 42.6 Å². The van der Waals surface area contributed by atoms with E-state index < -0.39 is 19.8 Å². The quantitative estimate of drug-likeness (QED) is 0.243. The smallest absolute Gasteiger partial charge is 0.413 e. The van der Waals surface area contributed by atoms with Gasteiger partial charge in [0.25, 0.3) is 0 Å². The van der Waals surface area contributed by atoms with Crippen molar-refractivity contribution in [2.24, 2.45) is 0 Å². The molecule has 9 heteroatoms. The van der Waals surface area contributed by atoms with Crippen LogP contribution in [0, 0.1) is 0 Å². The summed E-state index contributed by atoms with van der Waals surface area (Å²) in [6.45, 7) is 13.5. The second kappa shape index (κ2) is 9.60. The Bertz CT molecular complexity index is 1100. The van der Waals surface area contributed by atoms with Crippen LogP contribution in [0.1, 0.15) is 20.8 Å². The van der Waals surface area contributed by atoms with Crippen LogP contribution in [-0.2, 0) is 16.2 Å². The van der Waals surface area contributed by atoms with E-state index in [9.17, 15) is 4.79 Å². The van der Waals surface area contributed by atoms with Gasteiger partial charge in [0.15, 0.2) is 0 Å². The van der Waals surface area contributed by atoms with Crippen molar-refractivity contribution in [2.45, 2.75) is 58.8 Å². The SMILES string of the molecule is CC(C)(C)OC(=O)Nc1cccc(-c2cn(COCC[Si](C)(C)C)c3nc(Cl)ccc23)n1. The van der Waals surface area contributed by atoms with Crippen LogP contribution in [0.25, 0.3) is 22.3 Å². The van der Waals surface area contributed by atoms with Crippen molar-refractivity contribution in [3.05, 3.63) is 41.7 Å². The highest BCUT2D eigenvalue weighted by molar-refractivity contribution is 6.76. The third kappa shape index (κ3) is 6.79. The number of halogens is 1. The van der Waals surface area contributed by atoms with E-state index in [4.69, 9.17) is 21.1 Å². The molecule has 0 fully saturated rings. The van der Waals surface area contributed by atoms with E-state index in [2.05, 4.69) is 34.9 Å². The molecule has 0 saturated carbocycles. The predicted octanol–water partition coefficient (Wildman–Crippen LogP) is 6.41. The maximum atomic E-state index is 12.1. The molecule has 1 amide bonds. The molecule has 0 radical (unpaired) electrons. The van der Waals surface area contributed by atoms with Gasteiger partial charge in [-0.1, -0.05) is 37.3 Å². The van der Waals surface area contributed by atoms with E-state index >= 15 is 0 Å². The van der Waals surface area contributed by atoms with Gasteiger partial charge in [0, 0.05) is 31.8 Å². The van der Waals surface area contributed by atoms with Gasteiger partial charge in [0.2, 0.25) is 0 Å². The second-order valence-corrected chi connectivity index (χ2v) is 15.9. The summed E-state index contributed by atoms with van der Waals surface area (Å²) in [5, 5.41) is 4.02. The van der Waals surface area contributed by atoms with Gasteiger partial charge in [-0.25, -0.2) is 14.8 Å². The number of aromatic nitrogens is 3. The number of fused-ring (bicyclic) bond motifs is 1. The predicted molar refractivity (Wildman–Crippen MR) is 132 cm³/mol. The minimum absolute atomic E-state index is 0.379. The molecule has 0 atom stereocenters. The highest BCUT2D eigenvalue weighted by atomic mass is 35.5. The zero-order chi connectivity index (χ0) is 23.5. The first kappa shape index (κ1) is 24.2. The fraction of sp³-hybridized carbons (Fsp3) is 0.435. The number of ether oxygens (including phenoxy) is 2. The largest absolute Gasteiger partial charge is 0.444 e. The van der Waals surface area contributed by atoms with Crippen molar-refractivity contribution < 1.29 is 14.3 Å². The number of nitrogens with one attached hydrogen (secondary N) is 1. The number of pyridine rings is 2. The highest BCUT2D eigenvalue weighted by Gasteiger charge is 2.18. The lowest BCUT2D eigenvalue weighted by Gasteiger charge is -2.19. The maximum Gasteiger partial charge on any atom is 0.413 e. The van der Waals surface area contributed by atoms with Crippen LogP contribution in [0.15, 0.2) is 36.5 Å². The van der Waals surface area contributed by atoms with Gasteiger partial charge in [-0.2, -0.15) is 0 Å². The number of anilines is 1. The first-order valence-electron chi connectivity index (χ1n) is 10.6. The Morgan fingerprint density at radius 3 is 2.59 bits per heavy atom. The molecule has 0 aliphatic rings. The fourth-order valence-corrected chi connectivity index (χ4v) is 3.95. The lowest BCUT2D eigenvalue weighted by atomic mass is 10.1. The van der Waals surface area contributed by atoms with Gasteiger partial charge in [-0.3, -0.25) is 5.32 Å². The molecule has 3 aromatic heterocycles. The summed E-state index contributed by atoms with van der Waals surface area (Å²) in [6.07, 6.45) is 1.41. The highest BCUT2D eigenvalue weighted by Crippen LogP contribution is 2.30. The monoisotopic (exact) mass is 474 g/mol. The molecular weight excluding hydrogens is 444 g/mol. The van der Waals surface area contributed by atoms with Crippen LogP contribution in [0.3, 0.4) is 0 Å². The Morgan fingerprint density at radius 2 is 1.91 bits per heavy atom. The Labute approximate surface area is 195 Å². The summed E-state index contributed by atoms with van der Waals surface area (Å²) in [6, 6.07) is 10.2. The van der Waals surface area contributed by atoms with E-state index in [-0.39, 0.29) is 0 Å². The average Bonchev–Trinajstić information content (AvgIpc) is 3.01. The summed E-state index contributed by atoms with van der Waals surface area (Å²) in [5.74, 6) is 0.408. The van der Waals surface area contributed by atoms with Crippen LogP contribution in [0.2, 0.25) is 30.8 Å². The molecule has 3 rings (SSSR count). The lowest BCUT2D eigenvalue weighted by molar-refractivity contribution is 0.0635. The Kier molecular flexibility index (Phi) is 7.27. The fourth-order valence-electron chi connectivity index (χ4n) is 3.05. The molecule has 32 heavy (non-hydrogen) atoms. The molecule has 0 aliphatic carbocycles. The van der Waals surface area contributed by atoms with E-state index in [0.29, 0.717) is 30.0 Å². The summed E-state index contributed by atoms with van der Waals surface area (Å²) < 4.78 is 13.2. The molecule has 0 aliphatic heterocycles. The van der Waals surface area contributed by atoms with Gasteiger partial charge in [-0.05, 0) is 51.1 Å². The second-order valence-electron chi connectivity index (χ2n) is 9.90. The van der Waals surface area contributed by atoms with Crippen molar-refractivity contribution in [3.63, 3.8) is 0 Å². The minimum Gasteiger partial charge on any atom is -0.444 e. The molecule has 1 N–H and O–H groups in total. The zero-order valence-corrected chi connectivity index (χ0v) is 21.3. The van der Waals surface area contributed by atoms with Crippen LogP contribution in [0.4, 0.5) is 10.6 Å². The number of nitrogens with zero attached hydrogens (tertiary/aromatic N) is 3. The van der Waals surface area contributed by atoms with Crippen molar-refractivity contribution in [1.82, 2.24) is 14.5 Å². The minimum atomic E-state index is -1.17. The molecule has 3 aromatic rings. The third-order valence-electron chi connectivity index (χ3n) is 4.57.